The molecule has 0 N–H and O–H groups in total. The van der Waals surface area contributed by atoms with Gasteiger partial charge in [-0.05, 0) is 24.3 Å². The van der Waals surface area contributed by atoms with Crippen LogP contribution in [0, 0.1) is 0 Å². The van der Waals surface area contributed by atoms with Crippen LogP contribution in [0.15, 0.2) is 36.7 Å². The molecule has 0 saturated heterocycles. The third-order valence-corrected chi connectivity index (χ3v) is 2.53. The molecule has 2 aromatic rings. The standard InChI is InChI=1S/C13H9F3N2O2/c1-20-12(19)9-2-4-10(17-7-9)8-3-5-11(18-6-8)13(14,15)16/h2-7H,1H3. The first-order valence-corrected chi connectivity index (χ1v) is 5.50. The number of aromatic nitrogens is 2. The Balaban J connectivity index is 2.26. The average molecular weight is 282 g/mol. The van der Waals surface area contributed by atoms with Gasteiger partial charge in [0.05, 0.1) is 18.4 Å². The first-order chi connectivity index (χ1) is 9.41. The van der Waals surface area contributed by atoms with Crippen molar-refractivity contribution < 1.29 is 22.7 Å². The fourth-order valence-electron chi connectivity index (χ4n) is 1.52. The molecule has 0 radical (unpaired) electrons. The van der Waals surface area contributed by atoms with Crippen molar-refractivity contribution in [2.24, 2.45) is 0 Å². The molecule has 4 nitrogen and oxygen atoms in total. The maximum Gasteiger partial charge on any atom is 0.433 e. The highest BCUT2D eigenvalue weighted by Gasteiger charge is 2.32. The molecule has 2 heterocycles. The normalized spacial score (nSPS) is 11.2. The number of esters is 1. The Hall–Kier alpha value is -2.44. The Bertz CT molecular complexity index is 607. The predicted octanol–water partition coefficient (Wildman–Crippen LogP) is 2.95. The van der Waals surface area contributed by atoms with E-state index in [1.165, 1.54) is 31.5 Å². The van der Waals surface area contributed by atoms with Gasteiger partial charge in [0, 0.05) is 18.0 Å². The summed E-state index contributed by atoms with van der Waals surface area (Å²) in [7, 11) is 1.25. The number of carbonyl (C=O) groups is 1. The van der Waals surface area contributed by atoms with Gasteiger partial charge in [-0.1, -0.05) is 0 Å². The van der Waals surface area contributed by atoms with Crippen molar-refractivity contribution in [3.8, 4) is 11.3 Å². The van der Waals surface area contributed by atoms with E-state index in [9.17, 15) is 18.0 Å². The minimum Gasteiger partial charge on any atom is -0.465 e. The number of alkyl halides is 3. The molecule has 2 rings (SSSR count). The Labute approximate surface area is 112 Å². The Morgan fingerprint density at radius 3 is 2.30 bits per heavy atom. The van der Waals surface area contributed by atoms with Crippen LogP contribution in [-0.4, -0.2) is 23.0 Å². The molecular weight excluding hydrogens is 273 g/mol. The Kier molecular flexibility index (Phi) is 3.69. The number of hydrogen-bond acceptors (Lipinski definition) is 4. The summed E-state index contributed by atoms with van der Waals surface area (Å²) in [5.74, 6) is -0.533. The molecule has 0 aliphatic carbocycles. The monoisotopic (exact) mass is 282 g/mol. The predicted molar refractivity (Wildman–Crippen MR) is 63.8 cm³/mol. The molecule has 0 saturated carbocycles. The van der Waals surface area contributed by atoms with Gasteiger partial charge in [-0.2, -0.15) is 13.2 Å². The first-order valence-electron chi connectivity index (χ1n) is 5.50. The summed E-state index contributed by atoms with van der Waals surface area (Å²) in [6.45, 7) is 0. The quantitative estimate of drug-likeness (QED) is 0.795. The number of methoxy groups -OCH3 is 1. The van der Waals surface area contributed by atoms with E-state index in [2.05, 4.69) is 14.7 Å². The van der Waals surface area contributed by atoms with Gasteiger partial charge in [-0.15, -0.1) is 0 Å². The molecular formula is C13H9F3N2O2. The third kappa shape index (κ3) is 2.93. The van der Waals surface area contributed by atoms with Crippen molar-refractivity contribution in [3.05, 3.63) is 47.9 Å². The molecule has 0 aliphatic heterocycles. The first kappa shape index (κ1) is 14.0. The Morgan fingerprint density at radius 2 is 1.85 bits per heavy atom. The summed E-state index contributed by atoms with van der Waals surface area (Å²) >= 11 is 0. The molecule has 2 aromatic heterocycles. The molecule has 0 bridgehead atoms. The maximum atomic E-state index is 12.4. The molecule has 0 atom stereocenters. The SMILES string of the molecule is COC(=O)c1ccc(-c2ccc(C(F)(F)F)nc2)nc1. The van der Waals surface area contributed by atoms with Gasteiger partial charge in [0.2, 0.25) is 0 Å². The largest absolute Gasteiger partial charge is 0.465 e. The van der Waals surface area contributed by atoms with Gasteiger partial charge in [-0.3, -0.25) is 9.97 Å². The van der Waals surface area contributed by atoms with Gasteiger partial charge in [0.15, 0.2) is 0 Å². The molecule has 0 amide bonds. The van der Waals surface area contributed by atoms with Crippen molar-refractivity contribution in [2.45, 2.75) is 6.18 Å². The number of carbonyl (C=O) groups excluding carboxylic acids is 1. The molecule has 20 heavy (non-hydrogen) atoms. The molecule has 0 spiro atoms. The van der Waals surface area contributed by atoms with Crippen molar-refractivity contribution in [1.29, 1.82) is 0 Å². The van der Waals surface area contributed by atoms with E-state index in [1.807, 2.05) is 0 Å². The molecule has 0 aliphatic rings. The van der Waals surface area contributed by atoms with Crippen molar-refractivity contribution in [3.63, 3.8) is 0 Å². The minimum atomic E-state index is -4.47. The van der Waals surface area contributed by atoms with Gasteiger partial charge in [-0.25, -0.2) is 4.79 Å². The summed E-state index contributed by atoms with van der Waals surface area (Å²) in [5, 5.41) is 0. The number of rotatable bonds is 2. The van der Waals surface area contributed by atoms with Gasteiger partial charge < -0.3 is 4.74 Å². The molecule has 0 aromatic carbocycles. The summed E-state index contributed by atoms with van der Waals surface area (Å²) in [6, 6.07) is 5.14. The van der Waals surface area contributed by atoms with Crippen molar-refractivity contribution in [2.75, 3.05) is 7.11 Å². The Morgan fingerprint density at radius 1 is 1.10 bits per heavy atom. The number of ether oxygens (including phenoxy) is 1. The van der Waals surface area contributed by atoms with Gasteiger partial charge in [0.1, 0.15) is 5.69 Å². The second-order valence-electron chi connectivity index (χ2n) is 3.85. The van der Waals surface area contributed by atoms with Crippen LogP contribution in [-0.2, 0) is 10.9 Å². The van der Waals surface area contributed by atoms with Crippen molar-refractivity contribution >= 4 is 5.97 Å². The lowest BCUT2D eigenvalue weighted by Crippen LogP contribution is -2.07. The molecule has 0 unspecified atom stereocenters. The fourth-order valence-corrected chi connectivity index (χ4v) is 1.52. The lowest BCUT2D eigenvalue weighted by atomic mass is 10.1. The number of hydrogen-bond donors (Lipinski definition) is 0. The smallest absolute Gasteiger partial charge is 0.433 e. The number of pyridine rings is 2. The molecule has 7 heteroatoms. The van der Waals surface area contributed by atoms with Crippen LogP contribution in [0.2, 0.25) is 0 Å². The third-order valence-electron chi connectivity index (χ3n) is 2.53. The second kappa shape index (κ2) is 5.28. The van der Waals surface area contributed by atoms with Crippen LogP contribution in [0.25, 0.3) is 11.3 Å². The molecule has 0 fully saturated rings. The number of nitrogens with zero attached hydrogens (tertiary/aromatic N) is 2. The second-order valence-corrected chi connectivity index (χ2v) is 3.85. The van der Waals surface area contributed by atoms with E-state index < -0.39 is 17.8 Å². The van der Waals surface area contributed by atoms with Crippen LogP contribution >= 0.6 is 0 Å². The summed E-state index contributed by atoms with van der Waals surface area (Å²) in [4.78, 5) is 18.5. The lowest BCUT2D eigenvalue weighted by molar-refractivity contribution is -0.141. The van der Waals surface area contributed by atoms with E-state index in [0.29, 0.717) is 11.3 Å². The highest BCUT2D eigenvalue weighted by atomic mass is 19.4. The van der Waals surface area contributed by atoms with Crippen LogP contribution in [0.3, 0.4) is 0 Å². The van der Waals surface area contributed by atoms with E-state index in [-0.39, 0.29) is 5.56 Å². The zero-order chi connectivity index (χ0) is 14.8. The number of halogens is 3. The van der Waals surface area contributed by atoms with E-state index in [0.717, 1.165) is 12.3 Å². The average Bonchev–Trinajstić information content (AvgIpc) is 2.46. The topological polar surface area (TPSA) is 52.1 Å². The minimum absolute atomic E-state index is 0.260. The zero-order valence-electron chi connectivity index (χ0n) is 10.3. The van der Waals surface area contributed by atoms with Gasteiger partial charge >= 0.3 is 12.1 Å². The highest BCUT2D eigenvalue weighted by Crippen LogP contribution is 2.28. The summed E-state index contributed by atoms with van der Waals surface area (Å²) in [5.41, 5.74) is 0.136. The van der Waals surface area contributed by atoms with Crippen LogP contribution < -0.4 is 0 Å². The van der Waals surface area contributed by atoms with E-state index >= 15 is 0 Å². The van der Waals surface area contributed by atoms with Crippen molar-refractivity contribution in [1.82, 2.24) is 9.97 Å². The zero-order valence-corrected chi connectivity index (χ0v) is 10.3. The molecule has 104 valence electrons. The lowest BCUT2D eigenvalue weighted by Gasteiger charge is -2.06. The summed E-state index contributed by atoms with van der Waals surface area (Å²) < 4.78 is 41.6. The van der Waals surface area contributed by atoms with Crippen LogP contribution in [0.1, 0.15) is 16.1 Å². The highest BCUT2D eigenvalue weighted by molar-refractivity contribution is 5.89. The van der Waals surface area contributed by atoms with E-state index in [4.69, 9.17) is 0 Å². The van der Waals surface area contributed by atoms with Crippen LogP contribution in [0.4, 0.5) is 13.2 Å². The summed E-state index contributed by atoms with van der Waals surface area (Å²) in [6.07, 6.45) is -2.09. The van der Waals surface area contributed by atoms with Crippen LogP contribution in [0.5, 0.6) is 0 Å². The fraction of sp³-hybridized carbons (Fsp3) is 0.154. The van der Waals surface area contributed by atoms with E-state index in [1.54, 1.807) is 0 Å². The van der Waals surface area contributed by atoms with Gasteiger partial charge in [0.25, 0.3) is 0 Å². The maximum absolute atomic E-state index is 12.4.